The summed E-state index contributed by atoms with van der Waals surface area (Å²) in [6.07, 6.45) is -0.0795. The van der Waals surface area contributed by atoms with Gasteiger partial charge in [0.1, 0.15) is 11.6 Å². The molecule has 0 saturated carbocycles. The molecular weight excluding hydrogens is 565 g/mol. The predicted molar refractivity (Wildman–Crippen MR) is 160 cm³/mol. The lowest BCUT2D eigenvalue weighted by atomic mass is 9.93. The zero-order valence-corrected chi connectivity index (χ0v) is 24.3. The van der Waals surface area contributed by atoms with E-state index in [2.05, 4.69) is 22.8 Å². The Labute approximate surface area is 243 Å². The fourth-order valence-corrected chi connectivity index (χ4v) is 8.26. The SMILES string of the molecule is CNC(c1csc2ccccc12)C1CSc2c(Cc3c(F)cccc3F)c(C)c(-c3cccc(OC)c3F)c(=O)n21. The van der Waals surface area contributed by atoms with Crippen molar-refractivity contribution in [3.05, 3.63) is 116 Å². The second-order valence-electron chi connectivity index (χ2n) is 9.99. The van der Waals surface area contributed by atoms with Gasteiger partial charge in [-0.15, -0.1) is 23.1 Å². The minimum atomic E-state index is -0.666. The van der Waals surface area contributed by atoms with E-state index in [1.165, 1.54) is 43.1 Å². The fraction of sp³-hybridized carbons (Fsp3) is 0.219. The number of thiophene rings is 1. The van der Waals surface area contributed by atoms with Crippen LogP contribution in [0, 0.1) is 24.4 Å². The number of nitrogens with one attached hydrogen (secondary N) is 1. The van der Waals surface area contributed by atoms with E-state index in [1.54, 1.807) is 35.0 Å². The van der Waals surface area contributed by atoms with Gasteiger partial charge in [-0.2, -0.15) is 0 Å². The van der Waals surface area contributed by atoms with Gasteiger partial charge in [0, 0.05) is 28.0 Å². The molecule has 3 heterocycles. The summed E-state index contributed by atoms with van der Waals surface area (Å²) in [6, 6.07) is 16.0. The van der Waals surface area contributed by atoms with Gasteiger partial charge < -0.3 is 10.1 Å². The number of aromatic nitrogens is 1. The highest BCUT2D eigenvalue weighted by molar-refractivity contribution is 7.99. The maximum absolute atomic E-state index is 15.7. The number of benzene rings is 3. The van der Waals surface area contributed by atoms with Crippen molar-refractivity contribution in [3.8, 4) is 16.9 Å². The first-order valence-electron chi connectivity index (χ1n) is 13.2. The Kier molecular flexibility index (Phi) is 7.44. The third kappa shape index (κ3) is 4.56. The van der Waals surface area contributed by atoms with Crippen molar-refractivity contribution < 1.29 is 17.9 Å². The monoisotopic (exact) mass is 592 g/mol. The van der Waals surface area contributed by atoms with Gasteiger partial charge in [0.05, 0.1) is 29.8 Å². The van der Waals surface area contributed by atoms with Crippen molar-refractivity contribution in [2.45, 2.75) is 30.5 Å². The summed E-state index contributed by atoms with van der Waals surface area (Å²) >= 11 is 3.12. The maximum Gasteiger partial charge on any atom is 0.260 e. The van der Waals surface area contributed by atoms with Crippen LogP contribution in [0.2, 0.25) is 0 Å². The largest absolute Gasteiger partial charge is 0.494 e. The highest BCUT2D eigenvalue weighted by Gasteiger charge is 2.37. The molecule has 0 spiro atoms. The number of hydrogen-bond donors (Lipinski definition) is 1. The summed E-state index contributed by atoms with van der Waals surface area (Å²) in [5, 5.41) is 7.27. The highest BCUT2D eigenvalue weighted by atomic mass is 32.2. The Morgan fingerprint density at radius 3 is 2.49 bits per heavy atom. The highest BCUT2D eigenvalue weighted by Crippen LogP contribution is 2.46. The second-order valence-corrected chi connectivity index (χ2v) is 11.9. The first-order valence-corrected chi connectivity index (χ1v) is 15.0. The summed E-state index contributed by atoms with van der Waals surface area (Å²) in [5.74, 6) is -1.42. The van der Waals surface area contributed by atoms with Crippen molar-refractivity contribution in [1.82, 2.24) is 9.88 Å². The van der Waals surface area contributed by atoms with Gasteiger partial charge in [-0.25, -0.2) is 13.2 Å². The number of rotatable bonds is 7. The molecular formula is C32H27F3N2O2S2. The lowest BCUT2D eigenvalue weighted by molar-refractivity contribution is 0.386. The van der Waals surface area contributed by atoms with E-state index in [0.717, 1.165) is 15.6 Å². The van der Waals surface area contributed by atoms with E-state index < -0.39 is 17.5 Å². The van der Waals surface area contributed by atoms with E-state index in [0.29, 0.717) is 21.9 Å². The zero-order chi connectivity index (χ0) is 28.8. The fourth-order valence-electron chi connectivity index (χ4n) is 5.83. The number of pyridine rings is 1. The average Bonchev–Trinajstić information content (AvgIpc) is 3.60. The standard InChI is InChI=1S/C32H27F3N2O2S2/c1-17-20(14-21-23(33)10-7-11-24(21)34)32-37(31(38)28(17)19-9-6-12-26(39-3)29(19)35)25(16-41-32)30(36-2)22-15-40-27-13-5-4-8-18(22)27/h4-13,15,25,30,36H,14,16H2,1-3H3. The Hall–Kier alpha value is -3.53. The van der Waals surface area contributed by atoms with Crippen LogP contribution in [-0.4, -0.2) is 24.5 Å². The number of nitrogens with zero attached hydrogens (tertiary/aromatic N) is 1. The molecule has 4 nitrogen and oxygen atoms in total. The van der Waals surface area contributed by atoms with Crippen molar-refractivity contribution >= 4 is 33.2 Å². The van der Waals surface area contributed by atoms with E-state index in [-0.39, 0.29) is 46.5 Å². The van der Waals surface area contributed by atoms with Crippen LogP contribution in [0.5, 0.6) is 5.75 Å². The van der Waals surface area contributed by atoms with Crippen LogP contribution in [0.1, 0.15) is 34.3 Å². The average molecular weight is 593 g/mol. The lowest BCUT2D eigenvalue weighted by Crippen LogP contribution is -2.34. The normalized spacial score (nSPS) is 15.3. The van der Waals surface area contributed by atoms with Gasteiger partial charge in [0.15, 0.2) is 11.6 Å². The maximum atomic E-state index is 15.7. The minimum absolute atomic E-state index is 0.0114. The number of likely N-dealkylation sites (N-methyl/N-ethyl adjacent to an activating group) is 1. The van der Waals surface area contributed by atoms with Crippen LogP contribution in [0.25, 0.3) is 21.2 Å². The van der Waals surface area contributed by atoms with Crippen molar-refractivity contribution in [2.75, 3.05) is 19.9 Å². The Morgan fingerprint density at radius 2 is 1.76 bits per heavy atom. The van der Waals surface area contributed by atoms with Crippen LogP contribution < -0.4 is 15.6 Å². The van der Waals surface area contributed by atoms with E-state index >= 15 is 4.39 Å². The van der Waals surface area contributed by atoms with Crippen molar-refractivity contribution in [2.24, 2.45) is 0 Å². The molecule has 1 N–H and O–H groups in total. The number of methoxy groups -OCH3 is 1. The first-order chi connectivity index (χ1) is 19.8. The molecule has 0 saturated heterocycles. The Morgan fingerprint density at radius 1 is 1.02 bits per heavy atom. The smallest absolute Gasteiger partial charge is 0.260 e. The summed E-state index contributed by atoms with van der Waals surface area (Å²) in [6.45, 7) is 1.72. The first kappa shape index (κ1) is 27.6. The van der Waals surface area contributed by atoms with Crippen molar-refractivity contribution in [1.29, 1.82) is 0 Å². The number of ether oxygens (including phenoxy) is 1. The summed E-state index contributed by atoms with van der Waals surface area (Å²) in [4.78, 5) is 14.4. The van der Waals surface area contributed by atoms with Crippen LogP contribution in [0.3, 0.4) is 0 Å². The van der Waals surface area contributed by atoms with Crippen LogP contribution in [0.15, 0.2) is 75.9 Å². The molecule has 2 unspecified atom stereocenters. The molecule has 0 aliphatic carbocycles. The van der Waals surface area contributed by atoms with Crippen LogP contribution in [0.4, 0.5) is 13.2 Å². The van der Waals surface area contributed by atoms with Crippen LogP contribution in [-0.2, 0) is 6.42 Å². The molecule has 1 aliphatic rings. The minimum Gasteiger partial charge on any atom is -0.494 e. The van der Waals surface area contributed by atoms with Gasteiger partial charge in [0.2, 0.25) is 0 Å². The second kappa shape index (κ2) is 11.0. The summed E-state index contributed by atoms with van der Waals surface area (Å²) in [5.41, 5.74) is 1.97. The zero-order valence-electron chi connectivity index (χ0n) is 22.6. The van der Waals surface area contributed by atoms with Gasteiger partial charge in [-0.3, -0.25) is 9.36 Å². The molecule has 1 aliphatic heterocycles. The number of halogens is 3. The number of fused-ring (bicyclic) bond motifs is 2. The van der Waals surface area contributed by atoms with Gasteiger partial charge in [-0.05, 0) is 65.7 Å². The van der Waals surface area contributed by atoms with Crippen LogP contribution >= 0.6 is 23.1 Å². The molecule has 2 atom stereocenters. The van der Waals surface area contributed by atoms with Gasteiger partial charge in [-0.1, -0.05) is 36.4 Å². The lowest BCUT2D eigenvalue weighted by Gasteiger charge is -2.27. The molecule has 2 aromatic heterocycles. The summed E-state index contributed by atoms with van der Waals surface area (Å²) in [7, 11) is 3.23. The number of thioether (sulfide) groups is 1. The topological polar surface area (TPSA) is 43.3 Å². The molecule has 3 aromatic carbocycles. The van der Waals surface area contributed by atoms with E-state index in [1.807, 2.05) is 19.2 Å². The summed E-state index contributed by atoms with van der Waals surface area (Å²) < 4.78 is 53.5. The molecule has 0 fully saturated rings. The van der Waals surface area contributed by atoms with Gasteiger partial charge in [0.25, 0.3) is 5.56 Å². The van der Waals surface area contributed by atoms with E-state index in [4.69, 9.17) is 4.74 Å². The molecule has 0 amide bonds. The molecule has 0 bridgehead atoms. The molecule has 9 heteroatoms. The third-order valence-electron chi connectivity index (χ3n) is 7.87. The van der Waals surface area contributed by atoms with Gasteiger partial charge >= 0.3 is 0 Å². The molecule has 5 aromatic rings. The predicted octanol–water partition coefficient (Wildman–Crippen LogP) is 7.66. The number of hydrogen-bond acceptors (Lipinski definition) is 5. The quantitative estimate of drug-likeness (QED) is 0.211. The Bertz CT molecular complexity index is 1830. The van der Waals surface area contributed by atoms with Crippen molar-refractivity contribution in [3.63, 3.8) is 0 Å². The van der Waals surface area contributed by atoms with E-state index in [9.17, 15) is 13.6 Å². The molecule has 0 radical (unpaired) electrons. The Balaban J connectivity index is 1.61. The third-order valence-corrected chi connectivity index (χ3v) is 10.1. The molecule has 41 heavy (non-hydrogen) atoms. The molecule has 6 rings (SSSR count). The molecule has 210 valence electrons.